The molecular formula is C27H26Cl2N4O3. The van der Waals surface area contributed by atoms with Crippen molar-refractivity contribution in [1.82, 2.24) is 14.8 Å². The largest absolute Gasteiger partial charge is 0.497 e. The van der Waals surface area contributed by atoms with Gasteiger partial charge < -0.3 is 14.8 Å². The molecule has 9 heteroatoms. The maximum atomic E-state index is 12.2. The Hall–Kier alpha value is -3.55. The molecule has 1 heterocycles. The number of amides is 1. The predicted octanol–water partition coefficient (Wildman–Crippen LogP) is 6.47. The van der Waals surface area contributed by atoms with Crippen LogP contribution in [0.5, 0.6) is 11.8 Å². The zero-order valence-corrected chi connectivity index (χ0v) is 21.7. The number of nitrogens with zero attached hydrogens (tertiary/aromatic N) is 3. The van der Waals surface area contributed by atoms with E-state index in [4.69, 9.17) is 32.7 Å². The lowest BCUT2D eigenvalue weighted by Crippen LogP contribution is -2.17. The van der Waals surface area contributed by atoms with Gasteiger partial charge in [-0.1, -0.05) is 55.2 Å². The summed E-state index contributed by atoms with van der Waals surface area (Å²) in [6.45, 7) is 4.07. The fourth-order valence-electron chi connectivity index (χ4n) is 3.41. The Labute approximate surface area is 220 Å². The number of benzene rings is 3. The standard InChI is InChI=1S/C27H26Cl2N4O3/c1-17(2)26(34)30-20-5-4-6-21(16-20)33-25(19-9-12-23(28)24(29)15-19)31-27(32-33)36-14-13-18-7-10-22(35-3)11-8-18/h4-12,15-17H,13-14H2,1-3H3,(H,30,34). The van der Waals surface area contributed by atoms with E-state index in [1.165, 1.54) is 0 Å². The van der Waals surface area contributed by atoms with Gasteiger partial charge in [0.05, 0.1) is 29.4 Å². The summed E-state index contributed by atoms with van der Waals surface area (Å²) in [5.74, 6) is 1.12. The molecule has 0 bridgehead atoms. The van der Waals surface area contributed by atoms with Crippen LogP contribution in [0, 0.1) is 5.92 Å². The summed E-state index contributed by atoms with van der Waals surface area (Å²) >= 11 is 12.4. The second-order valence-electron chi connectivity index (χ2n) is 8.40. The molecule has 7 nitrogen and oxygen atoms in total. The van der Waals surface area contributed by atoms with Gasteiger partial charge in [-0.25, -0.2) is 4.68 Å². The first-order valence-corrected chi connectivity index (χ1v) is 12.2. The van der Waals surface area contributed by atoms with Crippen molar-refractivity contribution in [3.63, 3.8) is 0 Å². The second-order valence-corrected chi connectivity index (χ2v) is 9.21. The van der Waals surface area contributed by atoms with Gasteiger partial charge in [0.1, 0.15) is 5.75 Å². The van der Waals surface area contributed by atoms with E-state index in [1.54, 1.807) is 23.9 Å². The molecule has 4 aromatic rings. The maximum Gasteiger partial charge on any atom is 0.336 e. The van der Waals surface area contributed by atoms with E-state index in [2.05, 4.69) is 15.4 Å². The van der Waals surface area contributed by atoms with E-state index < -0.39 is 0 Å². The van der Waals surface area contributed by atoms with E-state index in [1.807, 2.05) is 68.4 Å². The van der Waals surface area contributed by atoms with Crippen LogP contribution in [0.25, 0.3) is 17.1 Å². The van der Waals surface area contributed by atoms with Gasteiger partial charge >= 0.3 is 6.01 Å². The van der Waals surface area contributed by atoms with Crippen LogP contribution in [0.3, 0.4) is 0 Å². The molecule has 1 aromatic heterocycles. The van der Waals surface area contributed by atoms with E-state index in [0.717, 1.165) is 16.9 Å². The molecule has 1 amide bonds. The number of ether oxygens (including phenoxy) is 2. The summed E-state index contributed by atoms with van der Waals surface area (Å²) < 4.78 is 12.8. The topological polar surface area (TPSA) is 78.3 Å². The van der Waals surface area contributed by atoms with E-state index in [-0.39, 0.29) is 17.8 Å². The average molecular weight is 525 g/mol. The van der Waals surface area contributed by atoms with Gasteiger partial charge in [-0.3, -0.25) is 4.79 Å². The van der Waals surface area contributed by atoms with Crippen LogP contribution < -0.4 is 14.8 Å². The lowest BCUT2D eigenvalue weighted by Gasteiger charge is -2.11. The van der Waals surface area contributed by atoms with Crippen molar-refractivity contribution in [3.05, 3.63) is 82.3 Å². The Balaban J connectivity index is 1.62. The van der Waals surface area contributed by atoms with Gasteiger partial charge in [-0.05, 0) is 54.1 Å². The monoisotopic (exact) mass is 524 g/mol. The number of aromatic nitrogens is 3. The lowest BCUT2D eigenvalue weighted by atomic mass is 10.1. The minimum Gasteiger partial charge on any atom is -0.497 e. The fraction of sp³-hybridized carbons (Fsp3) is 0.222. The summed E-state index contributed by atoms with van der Waals surface area (Å²) in [6, 6.07) is 20.7. The summed E-state index contributed by atoms with van der Waals surface area (Å²) in [5, 5.41) is 8.36. The van der Waals surface area contributed by atoms with Gasteiger partial charge in [-0.2, -0.15) is 4.98 Å². The minimum atomic E-state index is -0.141. The molecule has 0 aliphatic rings. The molecule has 0 radical (unpaired) electrons. The molecule has 0 aliphatic heterocycles. The highest BCUT2D eigenvalue weighted by Gasteiger charge is 2.17. The number of hydrogen-bond acceptors (Lipinski definition) is 5. The number of nitrogens with one attached hydrogen (secondary N) is 1. The minimum absolute atomic E-state index is 0.0713. The molecule has 0 saturated carbocycles. The van der Waals surface area contributed by atoms with Gasteiger partial charge in [0.25, 0.3) is 0 Å². The van der Waals surface area contributed by atoms with E-state index in [9.17, 15) is 4.79 Å². The smallest absolute Gasteiger partial charge is 0.336 e. The Morgan fingerprint density at radius 2 is 1.81 bits per heavy atom. The third-order valence-electron chi connectivity index (χ3n) is 5.43. The average Bonchev–Trinajstić information content (AvgIpc) is 3.30. The van der Waals surface area contributed by atoms with Gasteiger partial charge in [0.2, 0.25) is 5.91 Å². The number of anilines is 1. The van der Waals surface area contributed by atoms with Crippen molar-refractivity contribution in [1.29, 1.82) is 0 Å². The molecule has 0 spiro atoms. The normalized spacial score (nSPS) is 10.9. The third kappa shape index (κ3) is 6.17. The van der Waals surface area contributed by atoms with Gasteiger partial charge in [0.15, 0.2) is 5.82 Å². The first-order valence-electron chi connectivity index (χ1n) is 11.4. The molecule has 0 atom stereocenters. The van der Waals surface area contributed by atoms with E-state index in [0.29, 0.717) is 40.3 Å². The third-order valence-corrected chi connectivity index (χ3v) is 6.17. The van der Waals surface area contributed by atoms with Gasteiger partial charge in [0, 0.05) is 23.6 Å². The Bertz CT molecular complexity index is 1350. The number of hydrogen-bond donors (Lipinski definition) is 1. The molecule has 0 unspecified atom stereocenters. The molecule has 3 aromatic carbocycles. The van der Waals surface area contributed by atoms with Crippen molar-refractivity contribution in [3.8, 4) is 28.8 Å². The quantitative estimate of drug-likeness (QED) is 0.271. The predicted molar refractivity (Wildman–Crippen MR) is 142 cm³/mol. The molecular weight excluding hydrogens is 499 g/mol. The molecule has 36 heavy (non-hydrogen) atoms. The van der Waals surface area contributed by atoms with Crippen molar-refractivity contribution in [2.24, 2.45) is 5.92 Å². The molecule has 0 aliphatic carbocycles. The first kappa shape index (κ1) is 25.5. The maximum absolute atomic E-state index is 12.2. The van der Waals surface area contributed by atoms with Crippen molar-refractivity contribution >= 4 is 34.8 Å². The highest BCUT2D eigenvalue weighted by Crippen LogP contribution is 2.30. The van der Waals surface area contributed by atoms with E-state index >= 15 is 0 Å². The zero-order chi connectivity index (χ0) is 25.7. The molecule has 0 saturated heterocycles. The highest BCUT2D eigenvalue weighted by molar-refractivity contribution is 6.42. The Morgan fingerprint density at radius 3 is 2.50 bits per heavy atom. The lowest BCUT2D eigenvalue weighted by molar-refractivity contribution is -0.118. The SMILES string of the molecule is COc1ccc(CCOc2nc(-c3ccc(Cl)c(Cl)c3)n(-c3cccc(NC(=O)C(C)C)c3)n2)cc1. The second kappa shape index (κ2) is 11.5. The highest BCUT2D eigenvalue weighted by atomic mass is 35.5. The number of rotatable bonds is 9. The fourth-order valence-corrected chi connectivity index (χ4v) is 3.71. The molecule has 1 N–H and O–H groups in total. The molecule has 4 rings (SSSR count). The van der Waals surface area contributed by atoms with Crippen LogP contribution in [0.2, 0.25) is 10.0 Å². The number of halogens is 2. The van der Waals surface area contributed by atoms with Crippen LogP contribution >= 0.6 is 23.2 Å². The summed E-state index contributed by atoms with van der Waals surface area (Å²) in [7, 11) is 1.64. The summed E-state index contributed by atoms with van der Waals surface area (Å²) in [6.07, 6.45) is 0.678. The van der Waals surface area contributed by atoms with Gasteiger partial charge in [-0.15, -0.1) is 5.10 Å². The zero-order valence-electron chi connectivity index (χ0n) is 20.2. The number of methoxy groups -OCH3 is 1. The van der Waals surface area contributed by atoms with Crippen molar-refractivity contribution < 1.29 is 14.3 Å². The Morgan fingerprint density at radius 1 is 1.03 bits per heavy atom. The van der Waals surface area contributed by atoms with Crippen molar-refractivity contribution in [2.45, 2.75) is 20.3 Å². The molecule has 0 fully saturated rings. The Kier molecular flexibility index (Phi) is 8.13. The van der Waals surface area contributed by atoms with Crippen LogP contribution in [-0.2, 0) is 11.2 Å². The first-order chi connectivity index (χ1) is 17.3. The van der Waals surface area contributed by atoms with Crippen LogP contribution in [0.15, 0.2) is 66.7 Å². The summed E-state index contributed by atoms with van der Waals surface area (Å²) in [5.41, 5.74) is 3.19. The number of carbonyl (C=O) groups is 1. The summed E-state index contributed by atoms with van der Waals surface area (Å²) in [4.78, 5) is 16.8. The van der Waals surface area contributed by atoms with Crippen LogP contribution in [0.4, 0.5) is 5.69 Å². The molecule has 186 valence electrons. The number of carbonyl (C=O) groups excluding carboxylic acids is 1. The van der Waals surface area contributed by atoms with Crippen LogP contribution in [0.1, 0.15) is 19.4 Å². The van der Waals surface area contributed by atoms with Crippen LogP contribution in [-0.4, -0.2) is 34.4 Å². The van der Waals surface area contributed by atoms with Crippen molar-refractivity contribution in [2.75, 3.05) is 19.0 Å².